The predicted molar refractivity (Wildman–Crippen MR) is 186 cm³/mol. The fourth-order valence-electron chi connectivity index (χ4n) is 9.49. The zero-order chi connectivity index (χ0) is 35.9. The number of alkyl halides is 1. The second-order valence-corrected chi connectivity index (χ2v) is 15.9. The smallest absolute Gasteiger partial charge is 0.360 e. The number of hydrogen-bond donors (Lipinski definition) is 2. The van der Waals surface area contributed by atoms with E-state index in [1.54, 1.807) is 4.90 Å². The first-order valence-electron chi connectivity index (χ1n) is 17.9. The number of ether oxygens (including phenoxy) is 1. The number of thiophene rings is 1. The largest absolute Gasteiger partial charge is 0.459 e. The maximum absolute atomic E-state index is 14.4. The molecule has 3 aliphatic heterocycles. The molecule has 2 bridgehead atoms. The Morgan fingerprint density at radius 2 is 1.96 bits per heavy atom. The molecule has 6 atom stereocenters. The highest BCUT2D eigenvalue weighted by Gasteiger charge is 2.49. The molecule has 3 N–H and O–H groups in total. The Morgan fingerprint density at radius 1 is 1.19 bits per heavy atom. The van der Waals surface area contributed by atoms with Gasteiger partial charge in [-0.3, -0.25) is 9.69 Å². The lowest BCUT2D eigenvalue weighted by Gasteiger charge is -2.40. The van der Waals surface area contributed by atoms with Crippen molar-refractivity contribution < 1.29 is 18.4 Å². The van der Waals surface area contributed by atoms with Gasteiger partial charge >= 0.3 is 12.0 Å². The molecular weight excluding hydrogens is 692 g/mol. The molecule has 9 rings (SSSR count). The van der Waals surface area contributed by atoms with Crippen LogP contribution in [0.15, 0.2) is 15.5 Å². The van der Waals surface area contributed by atoms with Crippen LogP contribution < -0.4 is 20.9 Å². The Balaban J connectivity index is 1.09. The quantitative estimate of drug-likeness (QED) is 0.304. The van der Waals surface area contributed by atoms with Crippen molar-refractivity contribution in [2.45, 2.75) is 101 Å². The van der Waals surface area contributed by atoms with E-state index in [-0.39, 0.29) is 36.0 Å². The molecule has 272 valence electrons. The number of nitrogens with zero attached hydrogens (tertiary/aromatic N) is 10. The van der Waals surface area contributed by atoms with Gasteiger partial charge in [0.15, 0.2) is 0 Å². The molecule has 5 aliphatic rings. The molecule has 0 radical (unpaired) electrons. The summed E-state index contributed by atoms with van der Waals surface area (Å²) in [6.45, 7) is 3.11. The Hall–Kier alpha value is -4.89. The average Bonchev–Trinajstić information content (AvgIpc) is 3.95. The van der Waals surface area contributed by atoms with E-state index >= 15 is 0 Å². The van der Waals surface area contributed by atoms with Crippen LogP contribution in [0, 0.1) is 11.3 Å². The first-order chi connectivity index (χ1) is 25.1. The number of amides is 1. The molecule has 3 fully saturated rings. The maximum atomic E-state index is 14.4. The Morgan fingerprint density at radius 3 is 2.65 bits per heavy atom. The summed E-state index contributed by atoms with van der Waals surface area (Å²) in [7, 11) is 1.88. The second kappa shape index (κ2) is 12.4. The number of likely N-dealkylation sites (N-methyl/N-ethyl adjacent to an activating group) is 1. The highest BCUT2D eigenvalue weighted by Crippen LogP contribution is 2.54. The molecule has 7 heterocycles. The van der Waals surface area contributed by atoms with Gasteiger partial charge in [-0.15, -0.1) is 21.2 Å². The number of carbonyl (C=O) groups is 1. The summed E-state index contributed by atoms with van der Waals surface area (Å²) in [6.07, 6.45) is 6.67. The number of piperazine rings is 1. The van der Waals surface area contributed by atoms with E-state index in [1.807, 2.05) is 23.8 Å². The molecule has 2 aliphatic carbocycles. The Bertz CT molecular complexity index is 2140. The van der Waals surface area contributed by atoms with Crippen LogP contribution >= 0.6 is 11.3 Å². The monoisotopic (exact) mass is 730 g/mol. The van der Waals surface area contributed by atoms with E-state index in [1.165, 1.54) is 11.3 Å². The van der Waals surface area contributed by atoms with Crippen molar-refractivity contribution in [3.05, 3.63) is 43.8 Å². The molecule has 52 heavy (non-hydrogen) atoms. The standard InChI is InChI=1S/C34H39FN12O4S/c1-17(23-11-18(35)14-44(23)2)50-32-40-30(39-31(41-32)45-15-19-7-8-20(16-45)46(19)33(49)47-38-13-25(48)42-47)27-21-5-3-9-34(28(21)43-51-27)10-4-6-24-26(34)22(12-36)29(37)52-24/h13,17-20,23H,3-11,14-16,37H2,1-2H3,(H,42,48)/t17-,18+,19?,20?,23-,34-/m0/s1. The highest BCUT2D eigenvalue weighted by atomic mass is 32.1. The van der Waals surface area contributed by atoms with Crippen molar-refractivity contribution in [1.82, 2.24) is 44.9 Å². The zero-order valence-corrected chi connectivity index (χ0v) is 29.7. The van der Waals surface area contributed by atoms with Crippen LogP contribution in [-0.2, 0) is 18.3 Å². The van der Waals surface area contributed by atoms with Gasteiger partial charge in [0.25, 0.3) is 5.56 Å². The molecule has 3 saturated heterocycles. The number of halogens is 1. The number of nitrogen functional groups attached to an aromatic ring is 1. The molecule has 1 amide bonds. The van der Waals surface area contributed by atoms with Crippen LogP contribution in [0.2, 0.25) is 0 Å². The minimum Gasteiger partial charge on any atom is -0.459 e. The van der Waals surface area contributed by atoms with Gasteiger partial charge in [0.05, 0.1) is 23.3 Å². The SMILES string of the molecule is C[C@H](Oc1nc(-c2onc3c2CCC[C@@]32CCCc3sc(N)c(C#N)c32)nc(N2CC3CCC(C2)N3C(=O)n2ncc(=O)[nH]2)n1)[C@@H]1C[C@@H](F)CN1C. The lowest BCUT2D eigenvalue weighted by molar-refractivity contribution is 0.111. The van der Waals surface area contributed by atoms with Crippen molar-refractivity contribution in [3.63, 3.8) is 0 Å². The van der Waals surface area contributed by atoms with Crippen LogP contribution in [0.3, 0.4) is 0 Å². The number of fused-ring (bicyclic) bond motifs is 6. The number of carbonyl (C=O) groups excluding carboxylic acids is 1. The number of rotatable bonds is 5. The summed E-state index contributed by atoms with van der Waals surface area (Å²) < 4.78 is 26.9. The first kappa shape index (κ1) is 33.0. The summed E-state index contributed by atoms with van der Waals surface area (Å²) in [5.74, 6) is 1.09. The van der Waals surface area contributed by atoms with Crippen LogP contribution in [0.25, 0.3) is 11.6 Å². The number of nitrogens with one attached hydrogen (secondary N) is 1. The van der Waals surface area contributed by atoms with Crippen molar-refractivity contribution >= 4 is 28.3 Å². The predicted octanol–water partition coefficient (Wildman–Crippen LogP) is 3.02. The van der Waals surface area contributed by atoms with E-state index in [0.29, 0.717) is 54.7 Å². The first-order valence-corrected chi connectivity index (χ1v) is 18.7. The molecule has 1 spiro atoms. The number of H-pyrrole nitrogens is 1. The number of nitriles is 1. The fraction of sp³-hybridized carbons (Fsp3) is 0.588. The van der Waals surface area contributed by atoms with Gasteiger partial charge in [0.1, 0.15) is 29.5 Å². The summed E-state index contributed by atoms with van der Waals surface area (Å²) in [6, 6.07) is 1.60. The van der Waals surface area contributed by atoms with E-state index in [0.717, 1.165) is 77.6 Å². The third-order valence-electron chi connectivity index (χ3n) is 11.7. The van der Waals surface area contributed by atoms with Gasteiger partial charge in [-0.25, -0.2) is 14.3 Å². The van der Waals surface area contributed by atoms with Gasteiger partial charge in [0, 0.05) is 41.5 Å². The second-order valence-electron chi connectivity index (χ2n) is 14.8. The Kier molecular flexibility index (Phi) is 7.84. The number of aromatic nitrogens is 7. The summed E-state index contributed by atoms with van der Waals surface area (Å²) in [5, 5.41) is 21.7. The van der Waals surface area contributed by atoms with E-state index in [4.69, 9.17) is 35.1 Å². The molecule has 4 aromatic heterocycles. The van der Waals surface area contributed by atoms with Crippen molar-refractivity contribution in [2.24, 2.45) is 0 Å². The lowest BCUT2D eigenvalue weighted by Crippen LogP contribution is -2.57. The van der Waals surface area contributed by atoms with Gasteiger partial charge < -0.3 is 24.8 Å². The topological polar surface area (TPSA) is 201 Å². The van der Waals surface area contributed by atoms with Crippen LogP contribution in [0.4, 0.5) is 20.1 Å². The van der Waals surface area contributed by atoms with Crippen LogP contribution in [-0.4, -0.2) is 108 Å². The number of aromatic amines is 1. The minimum absolute atomic E-state index is 0.0937. The van der Waals surface area contributed by atoms with Gasteiger partial charge in [-0.1, -0.05) is 5.16 Å². The zero-order valence-electron chi connectivity index (χ0n) is 28.9. The van der Waals surface area contributed by atoms with Gasteiger partial charge in [0.2, 0.25) is 17.5 Å². The maximum Gasteiger partial charge on any atom is 0.360 e. The fourth-order valence-corrected chi connectivity index (χ4v) is 10.7. The van der Waals surface area contributed by atoms with E-state index in [2.05, 4.69) is 16.3 Å². The third-order valence-corrected chi connectivity index (χ3v) is 12.8. The number of nitrogens with two attached hydrogens (primary N) is 1. The molecule has 0 aromatic carbocycles. The van der Waals surface area contributed by atoms with E-state index < -0.39 is 23.2 Å². The van der Waals surface area contributed by atoms with Crippen molar-refractivity contribution in [3.8, 4) is 23.7 Å². The molecule has 16 nitrogen and oxygen atoms in total. The molecular formula is C34H39FN12O4S. The van der Waals surface area contributed by atoms with Gasteiger partial charge in [-0.2, -0.15) is 20.2 Å². The number of anilines is 2. The molecule has 18 heteroatoms. The molecule has 4 aromatic rings. The summed E-state index contributed by atoms with van der Waals surface area (Å²) in [4.78, 5) is 47.5. The summed E-state index contributed by atoms with van der Waals surface area (Å²) >= 11 is 1.50. The normalized spacial score (nSPS) is 27.4. The highest BCUT2D eigenvalue weighted by molar-refractivity contribution is 7.16. The minimum atomic E-state index is -0.937. The average molecular weight is 731 g/mol. The molecule has 2 unspecified atom stereocenters. The number of aryl methyl sites for hydroxylation is 1. The van der Waals surface area contributed by atoms with Crippen molar-refractivity contribution in [2.75, 3.05) is 37.3 Å². The van der Waals surface area contributed by atoms with Crippen LogP contribution in [0.1, 0.15) is 79.1 Å². The molecule has 0 saturated carbocycles. The third kappa shape index (κ3) is 5.18. The number of hydrogen-bond acceptors (Lipinski definition) is 14. The number of likely N-dealkylation sites (tertiary alicyclic amines) is 1. The Labute approximate surface area is 301 Å². The lowest BCUT2D eigenvalue weighted by atomic mass is 9.62. The van der Waals surface area contributed by atoms with Crippen molar-refractivity contribution in [1.29, 1.82) is 5.26 Å². The van der Waals surface area contributed by atoms with Gasteiger partial charge in [-0.05, 0) is 77.3 Å². The summed E-state index contributed by atoms with van der Waals surface area (Å²) in [5.41, 5.74) is 8.69. The van der Waals surface area contributed by atoms with Crippen LogP contribution in [0.5, 0.6) is 6.01 Å². The van der Waals surface area contributed by atoms with E-state index in [9.17, 15) is 19.2 Å².